The van der Waals surface area contributed by atoms with E-state index >= 15 is 0 Å². The Kier molecular flexibility index (Phi) is 8.57. The molecule has 0 unspecified atom stereocenters. The molecule has 1 atom stereocenters. The summed E-state index contributed by atoms with van der Waals surface area (Å²) in [5, 5.41) is 5.55. The van der Waals surface area contributed by atoms with Crippen LogP contribution in [0.1, 0.15) is 25.0 Å². The molecule has 2 aliphatic rings. The van der Waals surface area contributed by atoms with Crippen LogP contribution in [0.15, 0.2) is 54.5 Å². The summed E-state index contributed by atoms with van der Waals surface area (Å²) in [7, 11) is 0. The second kappa shape index (κ2) is 12.6. The third-order valence-electron chi connectivity index (χ3n) is 7.84. The Morgan fingerprint density at radius 3 is 2.70 bits per heavy atom. The number of nitrogens with zero attached hydrogens (tertiary/aromatic N) is 7. The van der Waals surface area contributed by atoms with Gasteiger partial charge in [-0.2, -0.15) is 18.3 Å². The van der Waals surface area contributed by atoms with Gasteiger partial charge < -0.3 is 18.9 Å². The van der Waals surface area contributed by atoms with Crippen LogP contribution < -0.4 is 9.64 Å². The minimum atomic E-state index is -4.68. The topological polar surface area (TPSA) is 114 Å². The van der Waals surface area contributed by atoms with Crippen LogP contribution in [0.25, 0.3) is 22.6 Å². The number of hydrogen-bond donors (Lipinski definition) is 1. The molecule has 0 saturated carbocycles. The van der Waals surface area contributed by atoms with Gasteiger partial charge in [-0.05, 0) is 31.5 Å². The molecule has 11 nitrogen and oxygen atoms in total. The number of nitrogens with one attached hydrogen (secondary N) is 1. The number of piperazine rings is 1. The summed E-state index contributed by atoms with van der Waals surface area (Å²) >= 11 is 0. The minimum Gasteiger partial charge on any atom is -0.486 e. The van der Waals surface area contributed by atoms with Crippen molar-refractivity contribution >= 4 is 22.6 Å². The predicted molar refractivity (Wildman–Crippen MR) is 156 cm³/mol. The van der Waals surface area contributed by atoms with E-state index in [1.54, 1.807) is 0 Å². The fourth-order valence-electron chi connectivity index (χ4n) is 5.21. The number of ether oxygens (including phenoxy) is 2. The van der Waals surface area contributed by atoms with E-state index in [1.165, 1.54) is 48.4 Å². The van der Waals surface area contributed by atoms with Crippen LogP contribution in [-0.4, -0.2) is 79.5 Å². The van der Waals surface area contributed by atoms with Crippen molar-refractivity contribution in [3.63, 3.8) is 0 Å². The summed E-state index contributed by atoms with van der Waals surface area (Å²) < 4.78 is 80.2. The summed E-state index contributed by atoms with van der Waals surface area (Å²) in [5.74, 6) is -2.29. The number of amides is 1. The number of pyridine rings is 1. The molecule has 0 radical (unpaired) electrons. The Labute approximate surface area is 259 Å². The molecule has 0 bridgehead atoms. The number of carbonyl (C=O) groups excluding carboxylic acids is 1. The molecule has 0 aliphatic carbocycles. The quantitative estimate of drug-likeness (QED) is 0.193. The molecule has 2 saturated heterocycles. The van der Waals surface area contributed by atoms with Crippen LogP contribution in [0.4, 0.5) is 27.6 Å². The third kappa shape index (κ3) is 6.48. The number of anilines is 1. The van der Waals surface area contributed by atoms with Gasteiger partial charge in [0, 0.05) is 37.0 Å². The number of alkyl halides is 3. The van der Waals surface area contributed by atoms with Crippen LogP contribution in [0, 0.1) is 5.82 Å². The lowest BCUT2D eigenvalue weighted by atomic mass is 10.2. The maximum Gasteiger partial charge on any atom is 0.451 e. The normalized spacial score (nSPS) is 18.1. The van der Waals surface area contributed by atoms with Crippen LogP contribution in [0.2, 0.25) is 0 Å². The van der Waals surface area contributed by atoms with Gasteiger partial charge in [-0.1, -0.05) is 12.7 Å². The summed E-state index contributed by atoms with van der Waals surface area (Å²) in [6.45, 7) is 6.82. The number of carbonyl (C=O) groups is 1. The number of hydrogen-bond acceptors (Lipinski definition) is 8. The zero-order valence-corrected chi connectivity index (χ0v) is 24.7. The lowest BCUT2D eigenvalue weighted by Crippen LogP contribution is -2.50. The molecule has 6 rings (SSSR count). The number of benzene rings is 1. The number of aromatic nitrogens is 6. The number of aromatic amines is 1. The molecule has 3 aromatic heterocycles. The standard InChI is InChI=1S/C30H29F5N8O3/c1-3-18(17(2)31)16-46-25-10-19(4-5-21(25)32)42-8-7-41(15-27(42)44)14-26-37-22-11-23(28-38-29(40-39-28)30(33,34)35)36-12-24(22)43(26)13-20-6-9-45-20/h3-5,10-12,20H,1,6-9,13-16H2,2H3,(H,38,39,40)/b18-17-/t20-/m0/s1. The van der Waals surface area contributed by atoms with E-state index < -0.39 is 23.6 Å². The fraction of sp³-hybridized carbons (Fsp3) is 0.367. The van der Waals surface area contributed by atoms with Crippen molar-refractivity contribution in [2.75, 3.05) is 37.7 Å². The van der Waals surface area contributed by atoms with E-state index in [-0.39, 0.29) is 48.0 Å². The minimum absolute atomic E-state index is 0.0292. The number of imidazole rings is 1. The highest BCUT2D eigenvalue weighted by Gasteiger charge is 2.35. The second-order valence-electron chi connectivity index (χ2n) is 10.9. The largest absolute Gasteiger partial charge is 0.486 e. The molecule has 1 amide bonds. The highest BCUT2D eigenvalue weighted by atomic mass is 19.4. The Morgan fingerprint density at radius 1 is 1.24 bits per heavy atom. The van der Waals surface area contributed by atoms with E-state index in [9.17, 15) is 26.7 Å². The van der Waals surface area contributed by atoms with E-state index in [0.717, 1.165) is 6.42 Å². The van der Waals surface area contributed by atoms with Gasteiger partial charge in [-0.25, -0.2) is 18.7 Å². The molecule has 4 aromatic rings. The van der Waals surface area contributed by atoms with E-state index in [2.05, 4.69) is 21.6 Å². The zero-order chi connectivity index (χ0) is 32.6. The van der Waals surface area contributed by atoms with E-state index in [1.807, 2.05) is 14.6 Å². The van der Waals surface area contributed by atoms with Gasteiger partial charge in [0.25, 0.3) is 0 Å². The summed E-state index contributed by atoms with van der Waals surface area (Å²) in [6, 6.07) is 5.61. The second-order valence-corrected chi connectivity index (χ2v) is 10.9. The summed E-state index contributed by atoms with van der Waals surface area (Å²) in [4.78, 5) is 29.3. The fourth-order valence-corrected chi connectivity index (χ4v) is 5.21. The van der Waals surface area contributed by atoms with Gasteiger partial charge in [0.05, 0.1) is 43.0 Å². The molecular formula is C30H29F5N8O3. The summed E-state index contributed by atoms with van der Waals surface area (Å²) in [5.41, 5.74) is 1.89. The number of fused-ring (bicyclic) bond motifs is 1. The first kappa shape index (κ1) is 31.3. The van der Waals surface area contributed by atoms with Crippen LogP contribution in [0.3, 0.4) is 0 Å². The van der Waals surface area contributed by atoms with Crippen LogP contribution in [0.5, 0.6) is 5.75 Å². The molecule has 0 spiro atoms. The maximum atomic E-state index is 14.5. The van der Waals surface area contributed by atoms with Crippen molar-refractivity contribution in [3.05, 3.63) is 72.0 Å². The van der Waals surface area contributed by atoms with Crippen LogP contribution >= 0.6 is 0 Å². The van der Waals surface area contributed by atoms with Crippen molar-refractivity contribution in [3.8, 4) is 17.3 Å². The Balaban J connectivity index is 1.19. The molecule has 5 heterocycles. The maximum absolute atomic E-state index is 14.5. The van der Waals surface area contributed by atoms with Gasteiger partial charge in [-0.3, -0.25) is 19.8 Å². The highest BCUT2D eigenvalue weighted by Crippen LogP contribution is 2.30. The van der Waals surface area contributed by atoms with E-state index in [0.29, 0.717) is 55.3 Å². The molecule has 1 N–H and O–H groups in total. The highest BCUT2D eigenvalue weighted by molar-refractivity contribution is 5.95. The van der Waals surface area contributed by atoms with Crippen molar-refractivity contribution in [1.29, 1.82) is 0 Å². The monoisotopic (exact) mass is 644 g/mol. The van der Waals surface area contributed by atoms with Crippen molar-refractivity contribution in [1.82, 2.24) is 34.6 Å². The molecule has 2 aliphatic heterocycles. The zero-order valence-electron chi connectivity index (χ0n) is 24.7. The predicted octanol–water partition coefficient (Wildman–Crippen LogP) is 4.82. The van der Waals surface area contributed by atoms with Gasteiger partial charge in [0.2, 0.25) is 11.7 Å². The SMILES string of the molecule is C=C/C(COc1cc(N2CCN(Cc3nc4cc(-c5n[nH]c(C(F)(F)F)n5)ncc4n3C[C@@H]3CCO3)CC2=O)ccc1F)=C(\C)F. The first-order valence-electron chi connectivity index (χ1n) is 14.4. The molecule has 242 valence electrons. The Morgan fingerprint density at radius 2 is 2.04 bits per heavy atom. The van der Waals surface area contributed by atoms with Gasteiger partial charge in [0.1, 0.15) is 24.0 Å². The lowest BCUT2D eigenvalue weighted by molar-refractivity contribution is -0.144. The molecule has 2 fully saturated rings. The molecule has 16 heteroatoms. The van der Waals surface area contributed by atoms with Crippen molar-refractivity contribution < 1.29 is 36.2 Å². The van der Waals surface area contributed by atoms with Gasteiger partial charge in [0.15, 0.2) is 17.4 Å². The first-order valence-corrected chi connectivity index (χ1v) is 14.4. The number of allylic oxidation sites excluding steroid dienone is 1. The van der Waals surface area contributed by atoms with Gasteiger partial charge >= 0.3 is 6.18 Å². The summed E-state index contributed by atoms with van der Waals surface area (Å²) in [6.07, 6.45) is -1.03. The van der Waals surface area contributed by atoms with Crippen LogP contribution in [-0.2, 0) is 28.8 Å². The average molecular weight is 645 g/mol. The number of rotatable bonds is 10. The first-order chi connectivity index (χ1) is 22.0. The molecule has 1 aromatic carbocycles. The third-order valence-corrected chi connectivity index (χ3v) is 7.84. The van der Waals surface area contributed by atoms with E-state index in [4.69, 9.17) is 14.5 Å². The average Bonchev–Trinajstić information content (AvgIpc) is 3.61. The Hall–Kier alpha value is -4.70. The number of halogens is 5. The molecule has 46 heavy (non-hydrogen) atoms. The van der Waals surface area contributed by atoms with Crippen molar-refractivity contribution in [2.45, 2.75) is 38.7 Å². The molecular weight excluding hydrogens is 615 g/mol. The van der Waals surface area contributed by atoms with Gasteiger partial charge in [-0.15, -0.1) is 0 Å². The lowest BCUT2D eigenvalue weighted by Gasteiger charge is -2.34. The smallest absolute Gasteiger partial charge is 0.451 e. The van der Waals surface area contributed by atoms with Crippen molar-refractivity contribution in [2.24, 2.45) is 0 Å². The number of H-pyrrole nitrogens is 1. The Bertz CT molecular complexity index is 1810.